The number of methoxy groups -OCH3 is 1. The number of nitrogens with zero attached hydrogens (tertiary/aromatic N) is 1. The van der Waals surface area contributed by atoms with Crippen LogP contribution in [0.5, 0.6) is 5.75 Å². The van der Waals surface area contributed by atoms with Crippen LogP contribution in [0.15, 0.2) is 72.8 Å². The highest BCUT2D eigenvalue weighted by atomic mass is 16.5. The molecule has 0 radical (unpaired) electrons. The van der Waals surface area contributed by atoms with Gasteiger partial charge in [0.2, 0.25) is 0 Å². The molecule has 0 fully saturated rings. The van der Waals surface area contributed by atoms with Gasteiger partial charge >= 0.3 is 0 Å². The first-order chi connectivity index (χ1) is 13.7. The van der Waals surface area contributed by atoms with E-state index in [9.17, 15) is 9.59 Å². The van der Waals surface area contributed by atoms with Gasteiger partial charge in [-0.25, -0.2) is 0 Å². The molecule has 3 aromatic rings. The fourth-order valence-corrected chi connectivity index (χ4v) is 4.49. The molecule has 0 spiro atoms. The Hall–Kier alpha value is -3.40. The Morgan fingerprint density at radius 1 is 0.857 bits per heavy atom. The maximum atomic E-state index is 13.3. The number of amides is 1. The van der Waals surface area contributed by atoms with Crippen LogP contribution in [-0.4, -0.2) is 18.8 Å². The molecule has 0 saturated carbocycles. The molecule has 3 aromatic carbocycles. The molecule has 1 heterocycles. The molecule has 5 rings (SSSR count). The van der Waals surface area contributed by atoms with Gasteiger partial charge in [-0.05, 0) is 47.9 Å². The normalized spacial score (nSPS) is 20.2. The van der Waals surface area contributed by atoms with Crippen LogP contribution in [0.1, 0.15) is 37.9 Å². The third-order valence-electron chi connectivity index (χ3n) is 5.80. The van der Waals surface area contributed by atoms with Crippen molar-refractivity contribution >= 4 is 17.4 Å². The Morgan fingerprint density at radius 2 is 1.54 bits per heavy atom. The molecule has 1 amide bonds. The number of carbonyl (C=O) groups is 2. The third-order valence-corrected chi connectivity index (χ3v) is 5.80. The van der Waals surface area contributed by atoms with Gasteiger partial charge in [-0.2, -0.15) is 0 Å². The monoisotopic (exact) mass is 369 g/mol. The second kappa shape index (κ2) is 6.34. The Labute approximate surface area is 163 Å². The fraction of sp³-hybridized carbons (Fsp3) is 0.167. The molecular formula is C24H19NO3. The predicted molar refractivity (Wildman–Crippen MR) is 107 cm³/mol. The highest BCUT2D eigenvalue weighted by molar-refractivity contribution is 6.13. The van der Waals surface area contributed by atoms with Crippen LogP contribution in [0.3, 0.4) is 0 Å². The molecule has 0 saturated heterocycles. The van der Waals surface area contributed by atoms with E-state index in [2.05, 4.69) is 0 Å². The second-order valence-corrected chi connectivity index (χ2v) is 7.24. The quantitative estimate of drug-likeness (QED) is 0.685. The number of carbonyl (C=O) groups excluding carboxylic acids is 2. The summed E-state index contributed by atoms with van der Waals surface area (Å²) in [5.41, 5.74) is 4.21. The van der Waals surface area contributed by atoms with Crippen molar-refractivity contribution in [1.29, 1.82) is 0 Å². The zero-order valence-corrected chi connectivity index (χ0v) is 15.5. The summed E-state index contributed by atoms with van der Waals surface area (Å²) in [5.74, 6) is 0.499. The van der Waals surface area contributed by atoms with Crippen molar-refractivity contribution in [2.24, 2.45) is 5.92 Å². The van der Waals surface area contributed by atoms with Gasteiger partial charge in [0.05, 0.1) is 19.1 Å². The Kier molecular flexibility index (Phi) is 3.79. The first-order valence-electron chi connectivity index (χ1n) is 9.37. The van der Waals surface area contributed by atoms with Gasteiger partial charge in [-0.1, -0.05) is 42.5 Å². The number of rotatable bonds is 3. The third kappa shape index (κ3) is 2.38. The van der Waals surface area contributed by atoms with E-state index in [4.69, 9.17) is 4.74 Å². The molecule has 2 aliphatic rings. The minimum Gasteiger partial charge on any atom is -0.497 e. The molecule has 138 valence electrons. The zero-order chi connectivity index (χ0) is 19.3. The van der Waals surface area contributed by atoms with E-state index < -0.39 is 0 Å². The average Bonchev–Trinajstić information content (AvgIpc) is 3.23. The lowest BCUT2D eigenvalue weighted by atomic mass is 9.89. The maximum Gasteiger partial charge on any atom is 0.259 e. The summed E-state index contributed by atoms with van der Waals surface area (Å²) in [4.78, 5) is 28.3. The van der Waals surface area contributed by atoms with Crippen LogP contribution in [-0.2, 0) is 6.42 Å². The number of anilines is 1. The Morgan fingerprint density at radius 3 is 2.25 bits per heavy atom. The topological polar surface area (TPSA) is 46.6 Å². The van der Waals surface area contributed by atoms with Crippen LogP contribution < -0.4 is 9.64 Å². The Bertz CT molecular complexity index is 1090. The van der Waals surface area contributed by atoms with Gasteiger partial charge in [-0.3, -0.25) is 9.59 Å². The van der Waals surface area contributed by atoms with Crippen molar-refractivity contribution in [3.8, 4) is 5.75 Å². The molecule has 0 bridgehead atoms. The molecule has 4 nitrogen and oxygen atoms in total. The first kappa shape index (κ1) is 16.8. The zero-order valence-electron chi connectivity index (χ0n) is 15.5. The average molecular weight is 369 g/mol. The van der Waals surface area contributed by atoms with Gasteiger partial charge in [0, 0.05) is 16.8 Å². The van der Waals surface area contributed by atoms with Crippen molar-refractivity contribution in [2.45, 2.75) is 12.5 Å². The van der Waals surface area contributed by atoms with E-state index in [1.54, 1.807) is 12.0 Å². The van der Waals surface area contributed by atoms with E-state index in [0.717, 1.165) is 28.1 Å². The lowest BCUT2D eigenvalue weighted by molar-refractivity contribution is 0.0907. The van der Waals surface area contributed by atoms with Gasteiger partial charge < -0.3 is 9.64 Å². The summed E-state index contributed by atoms with van der Waals surface area (Å²) in [5, 5.41) is 0. The molecule has 2 atom stereocenters. The summed E-state index contributed by atoms with van der Waals surface area (Å²) in [6.07, 6.45) is 0.647. The SMILES string of the molecule is COc1ccc(N2C(=O)c3ccccc3C2C2Cc3ccccc3C2=O)cc1. The minimum atomic E-state index is -0.308. The van der Waals surface area contributed by atoms with Crippen LogP contribution in [0.2, 0.25) is 0 Å². The predicted octanol–water partition coefficient (Wildman–Crippen LogP) is 4.45. The van der Waals surface area contributed by atoms with E-state index in [0.29, 0.717) is 12.0 Å². The van der Waals surface area contributed by atoms with Crippen LogP contribution in [0, 0.1) is 5.92 Å². The molecule has 4 heteroatoms. The molecule has 0 aromatic heterocycles. The Balaban J connectivity index is 1.62. The van der Waals surface area contributed by atoms with Crippen molar-refractivity contribution in [1.82, 2.24) is 0 Å². The smallest absolute Gasteiger partial charge is 0.259 e. The van der Waals surface area contributed by atoms with E-state index in [1.807, 2.05) is 72.8 Å². The summed E-state index contributed by atoms with van der Waals surface area (Å²) in [6.45, 7) is 0. The van der Waals surface area contributed by atoms with Crippen LogP contribution in [0.25, 0.3) is 0 Å². The molecular weight excluding hydrogens is 350 g/mol. The highest BCUT2D eigenvalue weighted by Crippen LogP contribution is 2.46. The number of hydrogen-bond donors (Lipinski definition) is 0. The number of Topliss-reactive ketones (excluding diaryl/α,β-unsaturated/α-hetero) is 1. The van der Waals surface area contributed by atoms with Gasteiger partial charge in [0.1, 0.15) is 5.75 Å². The van der Waals surface area contributed by atoms with Gasteiger partial charge in [0.15, 0.2) is 5.78 Å². The van der Waals surface area contributed by atoms with E-state index in [-0.39, 0.29) is 23.7 Å². The summed E-state index contributed by atoms with van der Waals surface area (Å²) in [6, 6.07) is 22.5. The van der Waals surface area contributed by atoms with Gasteiger partial charge in [-0.15, -0.1) is 0 Å². The minimum absolute atomic E-state index is 0.0606. The molecule has 2 unspecified atom stereocenters. The molecule has 0 N–H and O–H groups in total. The van der Waals surface area contributed by atoms with E-state index >= 15 is 0 Å². The van der Waals surface area contributed by atoms with Crippen molar-refractivity contribution in [3.63, 3.8) is 0 Å². The second-order valence-electron chi connectivity index (χ2n) is 7.24. The molecule has 28 heavy (non-hydrogen) atoms. The number of benzene rings is 3. The highest BCUT2D eigenvalue weighted by Gasteiger charge is 2.47. The van der Waals surface area contributed by atoms with Crippen LogP contribution in [0.4, 0.5) is 5.69 Å². The van der Waals surface area contributed by atoms with Crippen molar-refractivity contribution < 1.29 is 14.3 Å². The maximum absolute atomic E-state index is 13.3. The lowest BCUT2D eigenvalue weighted by Crippen LogP contribution is -2.34. The summed E-state index contributed by atoms with van der Waals surface area (Å²) >= 11 is 0. The number of fused-ring (bicyclic) bond motifs is 2. The lowest BCUT2D eigenvalue weighted by Gasteiger charge is -2.29. The summed E-state index contributed by atoms with van der Waals surface area (Å²) in [7, 11) is 1.61. The standard InChI is InChI=1S/C24H19NO3/c1-28-17-12-10-16(11-13-17)25-22(19-8-4-5-9-20(19)24(25)27)21-14-15-6-2-3-7-18(15)23(21)26/h2-13,21-22H,14H2,1H3. The number of ketones is 1. The van der Waals surface area contributed by atoms with Gasteiger partial charge in [0.25, 0.3) is 5.91 Å². The number of ether oxygens (including phenoxy) is 1. The van der Waals surface area contributed by atoms with Crippen LogP contribution >= 0.6 is 0 Å². The summed E-state index contributed by atoms with van der Waals surface area (Å²) < 4.78 is 5.25. The number of hydrogen-bond acceptors (Lipinski definition) is 3. The first-order valence-corrected chi connectivity index (χ1v) is 9.37. The molecule has 1 aliphatic carbocycles. The van der Waals surface area contributed by atoms with Crippen molar-refractivity contribution in [3.05, 3.63) is 95.1 Å². The molecule has 1 aliphatic heterocycles. The van der Waals surface area contributed by atoms with E-state index in [1.165, 1.54) is 0 Å². The fourth-order valence-electron chi connectivity index (χ4n) is 4.49. The van der Waals surface area contributed by atoms with Crippen molar-refractivity contribution in [2.75, 3.05) is 12.0 Å². The largest absolute Gasteiger partial charge is 0.497 e.